The zero-order valence-corrected chi connectivity index (χ0v) is 12.5. The summed E-state index contributed by atoms with van der Waals surface area (Å²) in [6.45, 7) is 4.93. The van der Waals surface area contributed by atoms with E-state index < -0.39 is 0 Å². The van der Waals surface area contributed by atoms with Gasteiger partial charge in [-0.2, -0.15) is 0 Å². The normalized spacial score (nSPS) is 12.6. The minimum Gasteiger partial charge on any atom is -0.394 e. The molecule has 0 amide bonds. The monoisotopic (exact) mass is 283 g/mol. The smallest absolute Gasteiger partial charge is 0.0637 e. The lowest BCUT2D eigenvalue weighted by Crippen LogP contribution is -2.43. The summed E-state index contributed by atoms with van der Waals surface area (Å²) in [4.78, 5) is 3.28. The molecule has 2 rings (SSSR count). The predicted octanol–water partition coefficient (Wildman–Crippen LogP) is 3.76. The lowest BCUT2D eigenvalue weighted by atomic mass is 10.1. The van der Waals surface area contributed by atoms with Gasteiger partial charge in [-0.25, -0.2) is 0 Å². The summed E-state index contributed by atoms with van der Waals surface area (Å²) in [5.41, 5.74) is -0.237. The number of aliphatic hydroxyl groups is 1. The molecule has 1 aromatic carbocycles. The summed E-state index contributed by atoms with van der Waals surface area (Å²) in [5, 5.41) is 11.3. The number of halogens is 1. The maximum atomic E-state index is 9.38. The van der Waals surface area contributed by atoms with E-state index in [1.165, 1.54) is 4.70 Å². The maximum absolute atomic E-state index is 9.38. The lowest BCUT2D eigenvalue weighted by Gasteiger charge is -2.33. The predicted molar refractivity (Wildman–Crippen MR) is 79.5 cm³/mol. The van der Waals surface area contributed by atoms with Crippen molar-refractivity contribution in [3.8, 4) is 0 Å². The molecule has 18 heavy (non-hydrogen) atoms. The van der Waals surface area contributed by atoms with Crippen LogP contribution in [0.2, 0.25) is 5.02 Å². The van der Waals surface area contributed by atoms with E-state index in [1.54, 1.807) is 11.3 Å². The number of thiophene rings is 1. The second-order valence-electron chi connectivity index (χ2n) is 5.16. The number of hydrogen-bond donors (Lipinski definition) is 1. The molecule has 4 heteroatoms. The van der Waals surface area contributed by atoms with Crippen LogP contribution in [0.4, 0.5) is 0 Å². The number of benzene rings is 1. The summed E-state index contributed by atoms with van der Waals surface area (Å²) in [7, 11) is 2.01. The fourth-order valence-electron chi connectivity index (χ4n) is 1.72. The van der Waals surface area contributed by atoms with Crippen molar-refractivity contribution >= 4 is 33.0 Å². The molecule has 2 aromatic rings. The second-order valence-corrected chi connectivity index (χ2v) is 6.68. The standard InChI is InChI=1S/C14H18ClNOS/c1-14(2,9-17)16(3)8-12-13(15)10-6-4-5-7-11(10)18-12/h4-7,17H,8-9H2,1-3H3. The molecule has 0 fully saturated rings. The molecule has 2 nitrogen and oxygen atoms in total. The Morgan fingerprint density at radius 3 is 2.61 bits per heavy atom. The van der Waals surface area contributed by atoms with E-state index in [0.29, 0.717) is 0 Å². The van der Waals surface area contributed by atoms with E-state index in [0.717, 1.165) is 21.8 Å². The Balaban J connectivity index is 2.30. The van der Waals surface area contributed by atoms with E-state index in [4.69, 9.17) is 11.6 Å². The van der Waals surface area contributed by atoms with Crippen molar-refractivity contribution in [1.29, 1.82) is 0 Å². The minimum absolute atomic E-state index is 0.131. The summed E-state index contributed by atoms with van der Waals surface area (Å²) in [5.74, 6) is 0. The molecule has 1 heterocycles. The highest BCUT2D eigenvalue weighted by Crippen LogP contribution is 2.36. The number of aliphatic hydroxyl groups excluding tert-OH is 1. The SMILES string of the molecule is CN(Cc1sc2ccccc2c1Cl)C(C)(C)CO. The molecule has 0 aliphatic carbocycles. The van der Waals surface area contributed by atoms with E-state index in [2.05, 4.69) is 17.0 Å². The lowest BCUT2D eigenvalue weighted by molar-refractivity contribution is 0.0742. The zero-order valence-electron chi connectivity index (χ0n) is 10.9. The maximum Gasteiger partial charge on any atom is 0.0637 e. The molecule has 1 N–H and O–H groups in total. The molecule has 0 radical (unpaired) electrons. The third-order valence-electron chi connectivity index (χ3n) is 3.40. The van der Waals surface area contributed by atoms with Crippen molar-refractivity contribution in [2.24, 2.45) is 0 Å². The van der Waals surface area contributed by atoms with Crippen LogP contribution in [0.5, 0.6) is 0 Å². The molecule has 1 aromatic heterocycles. The Bertz CT molecular complexity index is 550. The number of rotatable bonds is 4. The van der Waals surface area contributed by atoms with E-state index >= 15 is 0 Å². The third kappa shape index (κ3) is 2.54. The molecule has 0 saturated heterocycles. The average Bonchev–Trinajstić information content (AvgIpc) is 2.67. The number of nitrogens with zero attached hydrogens (tertiary/aromatic N) is 1. The summed E-state index contributed by atoms with van der Waals surface area (Å²) in [6.07, 6.45) is 0. The Morgan fingerprint density at radius 1 is 1.33 bits per heavy atom. The van der Waals surface area contributed by atoms with Gasteiger partial charge in [0.25, 0.3) is 0 Å². The molecule has 0 atom stereocenters. The van der Waals surface area contributed by atoms with Crippen molar-refractivity contribution in [1.82, 2.24) is 4.90 Å². The largest absolute Gasteiger partial charge is 0.394 e. The van der Waals surface area contributed by atoms with Crippen LogP contribution in [-0.2, 0) is 6.54 Å². The van der Waals surface area contributed by atoms with Gasteiger partial charge >= 0.3 is 0 Å². The fourth-order valence-corrected chi connectivity index (χ4v) is 3.26. The van der Waals surface area contributed by atoms with E-state index in [1.807, 2.05) is 33.0 Å². The molecule has 0 bridgehead atoms. The van der Waals surface area contributed by atoms with Crippen LogP contribution in [0, 0.1) is 0 Å². The Labute approximate surface area is 117 Å². The van der Waals surface area contributed by atoms with Gasteiger partial charge in [0.05, 0.1) is 11.6 Å². The molecule has 0 unspecified atom stereocenters. The number of hydrogen-bond acceptors (Lipinski definition) is 3. The van der Waals surface area contributed by atoms with Gasteiger partial charge in [0.1, 0.15) is 0 Å². The van der Waals surface area contributed by atoms with Gasteiger partial charge in [-0.15, -0.1) is 11.3 Å². The molecule has 0 spiro atoms. The van der Waals surface area contributed by atoms with Gasteiger partial charge in [-0.1, -0.05) is 29.8 Å². The van der Waals surface area contributed by atoms with Crippen molar-refractivity contribution in [2.45, 2.75) is 25.9 Å². The zero-order chi connectivity index (χ0) is 13.3. The van der Waals surface area contributed by atoms with Crippen LogP contribution < -0.4 is 0 Å². The second kappa shape index (κ2) is 5.17. The Hall–Kier alpha value is -0.610. The van der Waals surface area contributed by atoms with Gasteiger partial charge in [0.15, 0.2) is 0 Å². The van der Waals surface area contributed by atoms with Crippen molar-refractivity contribution in [2.75, 3.05) is 13.7 Å². The van der Waals surface area contributed by atoms with Gasteiger partial charge in [-0.05, 0) is 27.0 Å². The summed E-state index contributed by atoms with van der Waals surface area (Å²) in [6, 6.07) is 8.17. The first-order valence-electron chi connectivity index (χ1n) is 5.93. The van der Waals surface area contributed by atoms with Crippen LogP contribution in [-0.4, -0.2) is 29.2 Å². The van der Waals surface area contributed by atoms with E-state index in [-0.39, 0.29) is 12.1 Å². The van der Waals surface area contributed by atoms with Crippen molar-refractivity contribution in [3.05, 3.63) is 34.2 Å². The Kier molecular flexibility index (Phi) is 3.97. The molecule has 98 valence electrons. The first-order chi connectivity index (χ1) is 8.45. The van der Waals surface area contributed by atoms with Crippen LogP contribution in [0.3, 0.4) is 0 Å². The van der Waals surface area contributed by atoms with Gasteiger partial charge < -0.3 is 5.11 Å². The topological polar surface area (TPSA) is 23.5 Å². The van der Waals surface area contributed by atoms with Crippen LogP contribution in [0.1, 0.15) is 18.7 Å². The van der Waals surface area contributed by atoms with Crippen molar-refractivity contribution < 1.29 is 5.11 Å². The van der Waals surface area contributed by atoms with Crippen molar-refractivity contribution in [3.63, 3.8) is 0 Å². The highest BCUT2D eigenvalue weighted by molar-refractivity contribution is 7.19. The summed E-state index contributed by atoms with van der Waals surface area (Å²) < 4.78 is 1.22. The third-order valence-corrected chi connectivity index (χ3v) is 5.10. The average molecular weight is 284 g/mol. The van der Waals surface area contributed by atoms with Gasteiger partial charge in [0.2, 0.25) is 0 Å². The highest BCUT2D eigenvalue weighted by Gasteiger charge is 2.24. The number of fused-ring (bicyclic) bond motifs is 1. The number of likely N-dealkylation sites (N-methyl/N-ethyl adjacent to an activating group) is 1. The minimum atomic E-state index is -0.237. The fraction of sp³-hybridized carbons (Fsp3) is 0.429. The molecule has 0 saturated carbocycles. The summed E-state index contributed by atoms with van der Waals surface area (Å²) >= 11 is 8.14. The van der Waals surface area contributed by atoms with Crippen LogP contribution >= 0.6 is 22.9 Å². The van der Waals surface area contributed by atoms with Gasteiger partial charge in [0, 0.05) is 27.0 Å². The molecular formula is C14H18ClNOS. The first-order valence-corrected chi connectivity index (χ1v) is 7.13. The quantitative estimate of drug-likeness (QED) is 0.924. The first kappa shape index (κ1) is 13.8. The van der Waals surface area contributed by atoms with Gasteiger partial charge in [-0.3, -0.25) is 4.90 Å². The molecular weight excluding hydrogens is 266 g/mol. The van der Waals surface area contributed by atoms with E-state index in [9.17, 15) is 5.11 Å². The van der Waals surface area contributed by atoms with Crippen LogP contribution in [0.25, 0.3) is 10.1 Å². The molecule has 0 aliphatic rings. The molecule has 0 aliphatic heterocycles. The van der Waals surface area contributed by atoms with Crippen LogP contribution in [0.15, 0.2) is 24.3 Å². The Morgan fingerprint density at radius 2 is 2.00 bits per heavy atom. The highest BCUT2D eigenvalue weighted by atomic mass is 35.5.